The van der Waals surface area contributed by atoms with Gasteiger partial charge < -0.3 is 10.4 Å². The van der Waals surface area contributed by atoms with Gasteiger partial charge in [-0.1, -0.05) is 27.5 Å². The van der Waals surface area contributed by atoms with Crippen molar-refractivity contribution in [1.29, 1.82) is 0 Å². The number of nitrogens with zero attached hydrogens (tertiary/aromatic N) is 1. The van der Waals surface area contributed by atoms with Crippen LogP contribution in [0.15, 0.2) is 22.7 Å². The smallest absolute Gasteiger partial charge is 0.347 e. The molecule has 1 aromatic carbocycles. The maximum absolute atomic E-state index is 12.0. The summed E-state index contributed by atoms with van der Waals surface area (Å²) in [4.78, 5) is 27.3. The summed E-state index contributed by atoms with van der Waals surface area (Å²) in [5.74, 6) is -1.32. The van der Waals surface area contributed by atoms with Crippen LogP contribution in [0.2, 0.25) is 5.02 Å². The standard InChI is InChI=1S/C13H10BrClN2O3S/c1-6-11(13(19)20)21-10(17-6)5-16-12(18)7-2-8(14)4-9(15)3-7/h2-4H,5H2,1H3,(H,16,18)(H,19,20). The monoisotopic (exact) mass is 388 g/mol. The van der Waals surface area contributed by atoms with Gasteiger partial charge in [0.25, 0.3) is 5.91 Å². The van der Waals surface area contributed by atoms with Crippen molar-refractivity contribution in [3.8, 4) is 0 Å². The zero-order valence-corrected chi connectivity index (χ0v) is 14.0. The Labute approximate surface area is 138 Å². The van der Waals surface area contributed by atoms with Crippen molar-refractivity contribution in [2.24, 2.45) is 0 Å². The first-order valence-electron chi connectivity index (χ1n) is 5.80. The number of carbonyl (C=O) groups excluding carboxylic acids is 1. The van der Waals surface area contributed by atoms with E-state index in [1.807, 2.05) is 0 Å². The second kappa shape index (κ2) is 6.55. The minimum Gasteiger partial charge on any atom is -0.477 e. The van der Waals surface area contributed by atoms with Crippen molar-refractivity contribution in [2.75, 3.05) is 0 Å². The Kier molecular flexibility index (Phi) is 4.97. The zero-order chi connectivity index (χ0) is 15.6. The molecule has 2 rings (SSSR count). The van der Waals surface area contributed by atoms with Crippen molar-refractivity contribution >= 4 is 50.7 Å². The molecule has 0 saturated carbocycles. The molecule has 0 unspecified atom stereocenters. The molecule has 0 bridgehead atoms. The van der Waals surface area contributed by atoms with E-state index in [1.54, 1.807) is 25.1 Å². The third-order valence-electron chi connectivity index (χ3n) is 2.56. The van der Waals surface area contributed by atoms with Crippen molar-refractivity contribution in [2.45, 2.75) is 13.5 Å². The van der Waals surface area contributed by atoms with Crippen LogP contribution >= 0.6 is 38.9 Å². The van der Waals surface area contributed by atoms with Gasteiger partial charge in [0.05, 0.1) is 12.2 Å². The molecule has 2 aromatic rings. The Morgan fingerprint density at radius 2 is 2.14 bits per heavy atom. The molecule has 0 spiro atoms. The number of halogens is 2. The van der Waals surface area contributed by atoms with Gasteiger partial charge in [-0.3, -0.25) is 4.79 Å². The fourth-order valence-electron chi connectivity index (χ4n) is 1.67. The maximum Gasteiger partial charge on any atom is 0.347 e. The number of aryl methyl sites for hydroxylation is 1. The second-order valence-corrected chi connectivity index (χ2v) is 6.60. The average Bonchev–Trinajstić information content (AvgIpc) is 2.76. The van der Waals surface area contributed by atoms with Gasteiger partial charge in [0, 0.05) is 15.1 Å². The highest BCUT2D eigenvalue weighted by Gasteiger charge is 2.15. The van der Waals surface area contributed by atoms with E-state index in [2.05, 4.69) is 26.2 Å². The van der Waals surface area contributed by atoms with E-state index in [0.29, 0.717) is 25.8 Å². The fourth-order valence-corrected chi connectivity index (χ4v) is 3.37. The number of nitrogens with one attached hydrogen (secondary N) is 1. The van der Waals surface area contributed by atoms with Crippen LogP contribution in [0, 0.1) is 6.92 Å². The van der Waals surface area contributed by atoms with Crippen LogP contribution in [-0.4, -0.2) is 22.0 Å². The van der Waals surface area contributed by atoms with E-state index in [9.17, 15) is 9.59 Å². The molecule has 1 amide bonds. The normalized spacial score (nSPS) is 10.4. The van der Waals surface area contributed by atoms with Gasteiger partial charge in [0.1, 0.15) is 9.88 Å². The predicted octanol–water partition coefficient (Wildman–Crippen LogP) is 3.50. The van der Waals surface area contributed by atoms with Crippen molar-refractivity contribution in [3.05, 3.63) is 48.8 Å². The maximum atomic E-state index is 12.0. The minimum atomic E-state index is -1.01. The number of thiazole rings is 1. The van der Waals surface area contributed by atoms with Gasteiger partial charge in [-0.25, -0.2) is 9.78 Å². The van der Waals surface area contributed by atoms with E-state index >= 15 is 0 Å². The quantitative estimate of drug-likeness (QED) is 0.839. The summed E-state index contributed by atoms with van der Waals surface area (Å²) in [6, 6.07) is 4.88. The number of aromatic carboxylic acids is 1. The number of amides is 1. The number of carboxylic acid groups (broad SMARTS) is 1. The van der Waals surface area contributed by atoms with E-state index in [0.717, 1.165) is 11.3 Å². The van der Waals surface area contributed by atoms with Gasteiger partial charge in [0.2, 0.25) is 0 Å². The molecule has 1 heterocycles. The Bertz CT molecular complexity index is 697. The van der Waals surface area contributed by atoms with Crippen LogP contribution in [0.25, 0.3) is 0 Å². The van der Waals surface area contributed by atoms with Gasteiger partial charge in [-0.15, -0.1) is 11.3 Å². The lowest BCUT2D eigenvalue weighted by Gasteiger charge is -2.04. The highest BCUT2D eigenvalue weighted by molar-refractivity contribution is 9.10. The summed E-state index contributed by atoms with van der Waals surface area (Å²) in [5.41, 5.74) is 0.864. The number of carbonyl (C=O) groups is 2. The molecule has 2 N–H and O–H groups in total. The van der Waals surface area contributed by atoms with Gasteiger partial charge >= 0.3 is 5.97 Å². The third-order valence-corrected chi connectivity index (χ3v) is 4.38. The minimum absolute atomic E-state index is 0.168. The lowest BCUT2D eigenvalue weighted by atomic mass is 10.2. The summed E-state index contributed by atoms with van der Waals surface area (Å²) >= 11 is 10.2. The van der Waals surface area contributed by atoms with Crippen LogP contribution in [-0.2, 0) is 6.54 Å². The van der Waals surface area contributed by atoms with Gasteiger partial charge in [0.15, 0.2) is 0 Å². The van der Waals surface area contributed by atoms with Crippen molar-refractivity contribution in [1.82, 2.24) is 10.3 Å². The molecule has 110 valence electrons. The highest BCUT2D eigenvalue weighted by atomic mass is 79.9. The Morgan fingerprint density at radius 3 is 2.71 bits per heavy atom. The molecule has 8 heteroatoms. The van der Waals surface area contributed by atoms with E-state index in [4.69, 9.17) is 16.7 Å². The molecular formula is C13H10BrClN2O3S. The molecular weight excluding hydrogens is 380 g/mol. The summed E-state index contributed by atoms with van der Waals surface area (Å²) < 4.78 is 0.707. The van der Waals surface area contributed by atoms with E-state index < -0.39 is 5.97 Å². The number of carboxylic acids is 1. The SMILES string of the molecule is Cc1nc(CNC(=O)c2cc(Cl)cc(Br)c2)sc1C(=O)O. The molecule has 0 aliphatic carbocycles. The molecule has 21 heavy (non-hydrogen) atoms. The first-order chi connectivity index (χ1) is 9.86. The summed E-state index contributed by atoms with van der Waals surface area (Å²) in [5, 5.41) is 12.6. The fraction of sp³-hybridized carbons (Fsp3) is 0.154. The first kappa shape index (κ1) is 15.9. The van der Waals surface area contributed by atoms with E-state index in [1.165, 1.54) is 0 Å². The molecule has 0 fully saturated rings. The largest absolute Gasteiger partial charge is 0.477 e. The van der Waals surface area contributed by atoms with Crippen molar-refractivity contribution in [3.63, 3.8) is 0 Å². The molecule has 1 aromatic heterocycles. The molecule has 0 aliphatic rings. The Morgan fingerprint density at radius 1 is 1.43 bits per heavy atom. The Hall–Kier alpha value is -1.44. The number of hydrogen-bond donors (Lipinski definition) is 2. The Balaban J connectivity index is 2.07. The lowest BCUT2D eigenvalue weighted by molar-refractivity contribution is 0.0701. The zero-order valence-electron chi connectivity index (χ0n) is 10.8. The predicted molar refractivity (Wildman–Crippen MR) is 84.1 cm³/mol. The summed E-state index contributed by atoms with van der Waals surface area (Å²) in [6.07, 6.45) is 0. The third kappa shape index (κ3) is 4.03. The highest BCUT2D eigenvalue weighted by Crippen LogP contribution is 2.20. The number of hydrogen-bond acceptors (Lipinski definition) is 4. The number of benzene rings is 1. The van der Waals surface area contributed by atoms with Crippen molar-refractivity contribution < 1.29 is 14.7 Å². The lowest BCUT2D eigenvalue weighted by Crippen LogP contribution is -2.22. The average molecular weight is 390 g/mol. The van der Waals surface area contributed by atoms with Crippen LogP contribution in [0.4, 0.5) is 0 Å². The number of rotatable bonds is 4. The van der Waals surface area contributed by atoms with Crippen LogP contribution in [0.1, 0.15) is 30.7 Å². The summed E-state index contributed by atoms with van der Waals surface area (Å²) in [7, 11) is 0. The first-order valence-corrected chi connectivity index (χ1v) is 7.79. The summed E-state index contributed by atoms with van der Waals surface area (Å²) in [6.45, 7) is 1.79. The molecule has 0 atom stereocenters. The molecule has 0 radical (unpaired) electrons. The van der Waals surface area contributed by atoms with Gasteiger partial charge in [-0.05, 0) is 25.1 Å². The van der Waals surface area contributed by atoms with Crippen LogP contribution in [0.5, 0.6) is 0 Å². The number of aromatic nitrogens is 1. The molecule has 5 nitrogen and oxygen atoms in total. The molecule has 0 saturated heterocycles. The molecule has 0 aliphatic heterocycles. The van der Waals surface area contributed by atoms with Crippen LogP contribution < -0.4 is 5.32 Å². The van der Waals surface area contributed by atoms with Crippen LogP contribution in [0.3, 0.4) is 0 Å². The van der Waals surface area contributed by atoms with Gasteiger partial charge in [-0.2, -0.15) is 0 Å². The topological polar surface area (TPSA) is 79.3 Å². The second-order valence-electron chi connectivity index (χ2n) is 4.17. The van der Waals surface area contributed by atoms with E-state index in [-0.39, 0.29) is 17.3 Å².